The van der Waals surface area contributed by atoms with Gasteiger partial charge in [-0.1, -0.05) is 0 Å². The molecular formula is C18H17F3N6O. The first-order valence-corrected chi connectivity index (χ1v) is 8.69. The summed E-state index contributed by atoms with van der Waals surface area (Å²) in [4.78, 5) is 24.9. The summed E-state index contributed by atoms with van der Waals surface area (Å²) >= 11 is 0. The van der Waals surface area contributed by atoms with E-state index in [4.69, 9.17) is 0 Å². The SMILES string of the molecule is Cn1ncc2c(N3CCN(C(=O)c4ccc(C(F)(F)F)cc4)CC3)ncnc21. The van der Waals surface area contributed by atoms with E-state index in [9.17, 15) is 18.0 Å². The predicted molar refractivity (Wildman–Crippen MR) is 95.9 cm³/mol. The average Bonchev–Trinajstić information content (AvgIpc) is 3.08. The van der Waals surface area contributed by atoms with Crippen LogP contribution in [0.1, 0.15) is 15.9 Å². The minimum atomic E-state index is -4.41. The predicted octanol–water partition coefficient (Wildman–Crippen LogP) is 2.34. The van der Waals surface area contributed by atoms with Gasteiger partial charge in [0.2, 0.25) is 0 Å². The Morgan fingerprint density at radius 1 is 1.04 bits per heavy atom. The zero-order chi connectivity index (χ0) is 19.9. The van der Waals surface area contributed by atoms with Gasteiger partial charge >= 0.3 is 6.18 Å². The molecule has 3 aromatic rings. The van der Waals surface area contributed by atoms with Gasteiger partial charge in [0, 0.05) is 38.8 Å². The number of nitrogens with zero attached hydrogens (tertiary/aromatic N) is 6. The highest BCUT2D eigenvalue weighted by atomic mass is 19.4. The fourth-order valence-corrected chi connectivity index (χ4v) is 3.31. The number of fused-ring (bicyclic) bond motifs is 1. The normalized spacial score (nSPS) is 15.3. The van der Waals surface area contributed by atoms with Crippen molar-refractivity contribution < 1.29 is 18.0 Å². The highest BCUT2D eigenvalue weighted by molar-refractivity contribution is 5.94. The molecule has 1 aromatic carbocycles. The maximum atomic E-state index is 12.7. The number of piperazine rings is 1. The van der Waals surface area contributed by atoms with Crippen LogP contribution in [0.25, 0.3) is 11.0 Å². The first-order chi connectivity index (χ1) is 13.3. The molecule has 1 aliphatic rings. The lowest BCUT2D eigenvalue weighted by Gasteiger charge is -2.35. The fraction of sp³-hybridized carbons (Fsp3) is 0.333. The molecular weight excluding hydrogens is 373 g/mol. The molecule has 1 fully saturated rings. The van der Waals surface area contributed by atoms with Crippen molar-refractivity contribution in [2.45, 2.75) is 6.18 Å². The molecule has 2 aromatic heterocycles. The second-order valence-electron chi connectivity index (χ2n) is 6.56. The first-order valence-electron chi connectivity index (χ1n) is 8.69. The lowest BCUT2D eigenvalue weighted by Crippen LogP contribution is -2.49. The van der Waals surface area contributed by atoms with Crippen LogP contribution >= 0.6 is 0 Å². The molecule has 0 radical (unpaired) electrons. The molecule has 0 aliphatic carbocycles. The number of hydrogen-bond donors (Lipinski definition) is 0. The summed E-state index contributed by atoms with van der Waals surface area (Å²) in [6.07, 6.45) is -1.22. The molecule has 0 bridgehead atoms. The van der Waals surface area contributed by atoms with E-state index in [-0.39, 0.29) is 11.5 Å². The van der Waals surface area contributed by atoms with Crippen LogP contribution in [0.15, 0.2) is 36.8 Å². The fourth-order valence-electron chi connectivity index (χ4n) is 3.31. The van der Waals surface area contributed by atoms with E-state index in [0.717, 1.165) is 29.0 Å². The third-order valence-electron chi connectivity index (χ3n) is 4.83. The Balaban J connectivity index is 1.45. The Bertz CT molecular complexity index is 1010. The average molecular weight is 390 g/mol. The van der Waals surface area contributed by atoms with Crippen molar-refractivity contribution in [2.24, 2.45) is 7.05 Å². The molecule has 0 atom stereocenters. The first kappa shape index (κ1) is 18.2. The number of alkyl halides is 3. The van der Waals surface area contributed by atoms with E-state index in [2.05, 4.69) is 20.0 Å². The van der Waals surface area contributed by atoms with Crippen molar-refractivity contribution >= 4 is 22.8 Å². The third-order valence-corrected chi connectivity index (χ3v) is 4.83. The number of aryl methyl sites for hydroxylation is 1. The van der Waals surface area contributed by atoms with Crippen LogP contribution in [0, 0.1) is 0 Å². The summed E-state index contributed by atoms with van der Waals surface area (Å²) in [7, 11) is 1.81. The van der Waals surface area contributed by atoms with Crippen molar-refractivity contribution in [2.75, 3.05) is 31.1 Å². The number of benzene rings is 1. The third kappa shape index (κ3) is 3.25. The van der Waals surface area contributed by atoms with Gasteiger partial charge in [0.05, 0.1) is 17.1 Å². The zero-order valence-electron chi connectivity index (χ0n) is 15.0. The Hall–Kier alpha value is -3.17. The smallest absolute Gasteiger partial charge is 0.352 e. The van der Waals surface area contributed by atoms with Crippen molar-refractivity contribution in [3.8, 4) is 0 Å². The van der Waals surface area contributed by atoms with Crippen LogP contribution in [0.2, 0.25) is 0 Å². The zero-order valence-corrected chi connectivity index (χ0v) is 15.0. The van der Waals surface area contributed by atoms with Gasteiger partial charge in [-0.2, -0.15) is 18.3 Å². The number of anilines is 1. The Morgan fingerprint density at radius 2 is 1.71 bits per heavy atom. The quantitative estimate of drug-likeness (QED) is 0.672. The van der Waals surface area contributed by atoms with E-state index in [0.29, 0.717) is 26.2 Å². The summed E-state index contributed by atoms with van der Waals surface area (Å²) in [5.41, 5.74) is 0.213. The Morgan fingerprint density at radius 3 is 2.36 bits per heavy atom. The van der Waals surface area contributed by atoms with Crippen LogP contribution < -0.4 is 4.90 Å². The van der Waals surface area contributed by atoms with E-state index in [1.165, 1.54) is 18.5 Å². The molecule has 146 valence electrons. The minimum absolute atomic E-state index is 0.248. The highest BCUT2D eigenvalue weighted by Gasteiger charge is 2.31. The van der Waals surface area contributed by atoms with Crippen LogP contribution in [0.5, 0.6) is 0 Å². The van der Waals surface area contributed by atoms with Gasteiger partial charge in [-0.25, -0.2) is 9.97 Å². The molecule has 0 spiro atoms. The van der Waals surface area contributed by atoms with Crippen molar-refractivity contribution in [1.82, 2.24) is 24.6 Å². The lowest BCUT2D eigenvalue weighted by molar-refractivity contribution is -0.137. The van der Waals surface area contributed by atoms with Crippen LogP contribution in [0.4, 0.5) is 19.0 Å². The van der Waals surface area contributed by atoms with Gasteiger partial charge in [-0.15, -0.1) is 0 Å². The maximum absolute atomic E-state index is 12.7. The Kier molecular flexibility index (Phi) is 4.40. The van der Waals surface area contributed by atoms with Gasteiger partial charge in [0.15, 0.2) is 5.65 Å². The summed E-state index contributed by atoms with van der Waals surface area (Å²) in [5, 5.41) is 5.04. The highest BCUT2D eigenvalue weighted by Crippen LogP contribution is 2.29. The van der Waals surface area contributed by atoms with Gasteiger partial charge in [-0.3, -0.25) is 9.48 Å². The van der Waals surface area contributed by atoms with Gasteiger partial charge in [0.1, 0.15) is 12.1 Å². The van der Waals surface area contributed by atoms with Crippen molar-refractivity contribution in [1.29, 1.82) is 0 Å². The largest absolute Gasteiger partial charge is 0.416 e. The van der Waals surface area contributed by atoms with Crippen molar-refractivity contribution in [3.05, 3.63) is 47.9 Å². The molecule has 10 heteroatoms. The number of amides is 1. The second-order valence-corrected chi connectivity index (χ2v) is 6.56. The van der Waals surface area contributed by atoms with E-state index in [1.807, 2.05) is 0 Å². The molecule has 28 heavy (non-hydrogen) atoms. The summed E-state index contributed by atoms with van der Waals surface area (Å²) in [6.45, 7) is 2.03. The van der Waals surface area contributed by atoms with Gasteiger partial charge in [0.25, 0.3) is 5.91 Å². The van der Waals surface area contributed by atoms with Gasteiger partial charge < -0.3 is 9.80 Å². The molecule has 0 saturated carbocycles. The molecule has 7 nitrogen and oxygen atoms in total. The second kappa shape index (κ2) is 6.77. The molecule has 0 unspecified atom stereocenters. The van der Waals surface area contributed by atoms with Crippen LogP contribution in [0.3, 0.4) is 0 Å². The van der Waals surface area contributed by atoms with Crippen molar-refractivity contribution in [3.63, 3.8) is 0 Å². The molecule has 1 amide bonds. The number of carbonyl (C=O) groups excluding carboxylic acids is 1. The maximum Gasteiger partial charge on any atom is 0.416 e. The Labute approximate surface area is 158 Å². The lowest BCUT2D eigenvalue weighted by atomic mass is 10.1. The molecule has 0 N–H and O–H groups in total. The number of halogens is 3. The summed E-state index contributed by atoms with van der Waals surface area (Å²) in [6, 6.07) is 4.31. The minimum Gasteiger partial charge on any atom is -0.352 e. The van der Waals surface area contributed by atoms with E-state index < -0.39 is 11.7 Å². The van der Waals surface area contributed by atoms with Crippen LogP contribution in [-0.4, -0.2) is 56.7 Å². The summed E-state index contributed by atoms with van der Waals surface area (Å²) in [5.74, 6) is 0.488. The van der Waals surface area contributed by atoms with Gasteiger partial charge in [-0.05, 0) is 24.3 Å². The number of rotatable bonds is 2. The van der Waals surface area contributed by atoms with E-state index >= 15 is 0 Å². The molecule has 4 rings (SSSR count). The van der Waals surface area contributed by atoms with Crippen LogP contribution in [-0.2, 0) is 13.2 Å². The van der Waals surface area contributed by atoms with E-state index in [1.54, 1.807) is 22.8 Å². The number of carbonyl (C=O) groups is 1. The topological polar surface area (TPSA) is 67.2 Å². The summed E-state index contributed by atoms with van der Waals surface area (Å²) < 4.78 is 39.7. The molecule has 3 heterocycles. The monoisotopic (exact) mass is 390 g/mol. The standard InChI is InChI=1S/C18H17F3N6O/c1-25-15-14(10-24-25)16(23-11-22-15)26-6-8-27(9-7-26)17(28)12-2-4-13(5-3-12)18(19,20)21/h2-5,10-11H,6-9H2,1H3. The molecule has 1 saturated heterocycles. The number of aromatic nitrogens is 4. The number of hydrogen-bond acceptors (Lipinski definition) is 5. The molecule has 1 aliphatic heterocycles.